The standard InChI is InChI=1S/C36H37ClN10O/c1-20-9-27-26(16-40-42-27)31(32(20)37)30-21(2)47(43-33(30)22-7-8-28-23(10-22)15-41-44(28)6)25-11-36(12-25)13-29(35(3,4)5)46(18-36)34(48)45-17-24(14-38)39-19-45/h7-10,15-17,19,25,29H,11-13,18H2,1-6H3,(H,40,42). The van der Waals surface area contributed by atoms with Gasteiger partial charge in [0.25, 0.3) is 0 Å². The van der Waals surface area contributed by atoms with E-state index < -0.39 is 0 Å². The van der Waals surface area contributed by atoms with E-state index >= 15 is 0 Å². The quantitative estimate of drug-likeness (QED) is 0.210. The van der Waals surface area contributed by atoms with E-state index in [4.69, 9.17) is 16.7 Å². The van der Waals surface area contributed by atoms with Crippen LogP contribution in [-0.2, 0) is 7.05 Å². The highest BCUT2D eigenvalue weighted by molar-refractivity contribution is 6.36. The molecule has 1 saturated carbocycles. The normalized spacial score (nSPS) is 21.0. The second-order valence-electron chi connectivity index (χ2n) is 14.8. The Balaban J connectivity index is 1.19. The molecule has 8 rings (SSSR count). The number of carbonyl (C=O) groups excluding carboxylic acids is 1. The van der Waals surface area contributed by atoms with Gasteiger partial charge in [0.1, 0.15) is 18.1 Å². The lowest BCUT2D eigenvalue weighted by Gasteiger charge is -2.45. The number of carbonyl (C=O) groups is 1. The van der Waals surface area contributed by atoms with E-state index in [-0.39, 0.29) is 34.6 Å². The van der Waals surface area contributed by atoms with Crippen LogP contribution in [0.1, 0.15) is 63.0 Å². The molecule has 5 heterocycles. The van der Waals surface area contributed by atoms with Crippen LogP contribution < -0.4 is 0 Å². The first-order valence-corrected chi connectivity index (χ1v) is 16.6. The fraction of sp³-hybridized carbons (Fsp3) is 0.389. The van der Waals surface area contributed by atoms with Gasteiger partial charge in [-0.1, -0.05) is 38.4 Å². The van der Waals surface area contributed by atoms with Crippen molar-refractivity contribution < 1.29 is 4.79 Å². The number of nitrogens with one attached hydrogen (secondary N) is 1. The number of benzene rings is 2. The molecule has 2 fully saturated rings. The monoisotopic (exact) mass is 660 g/mol. The van der Waals surface area contributed by atoms with Gasteiger partial charge in [0, 0.05) is 52.8 Å². The van der Waals surface area contributed by atoms with Crippen molar-refractivity contribution in [2.24, 2.45) is 17.9 Å². The molecule has 1 atom stereocenters. The molecule has 48 heavy (non-hydrogen) atoms. The summed E-state index contributed by atoms with van der Waals surface area (Å²) in [4.78, 5) is 19.8. The molecule has 1 N–H and O–H groups in total. The predicted octanol–water partition coefficient (Wildman–Crippen LogP) is 7.43. The number of aromatic amines is 1. The van der Waals surface area contributed by atoms with Gasteiger partial charge in [-0.15, -0.1) is 0 Å². The highest BCUT2D eigenvalue weighted by Gasteiger charge is 2.56. The summed E-state index contributed by atoms with van der Waals surface area (Å²) in [7, 11) is 1.95. The van der Waals surface area contributed by atoms with E-state index in [2.05, 4.69) is 70.9 Å². The predicted molar refractivity (Wildman–Crippen MR) is 185 cm³/mol. The number of aromatic nitrogens is 8. The number of aryl methyl sites for hydroxylation is 2. The molecular weight excluding hydrogens is 624 g/mol. The molecule has 0 bridgehead atoms. The topological polar surface area (TPSA) is 126 Å². The largest absolute Gasteiger partial charge is 0.329 e. The van der Waals surface area contributed by atoms with Crippen LogP contribution in [0.25, 0.3) is 44.2 Å². The number of imidazole rings is 1. The zero-order chi connectivity index (χ0) is 33.7. The van der Waals surface area contributed by atoms with Gasteiger partial charge in [-0.3, -0.25) is 19.0 Å². The van der Waals surface area contributed by atoms with E-state index in [0.717, 1.165) is 74.7 Å². The van der Waals surface area contributed by atoms with Crippen molar-refractivity contribution in [3.63, 3.8) is 0 Å². The van der Waals surface area contributed by atoms with Crippen LogP contribution in [0.4, 0.5) is 4.79 Å². The fourth-order valence-corrected chi connectivity index (χ4v) is 8.46. The molecule has 1 spiro atoms. The Hall–Kier alpha value is -4.95. The Bertz CT molecular complexity index is 2300. The van der Waals surface area contributed by atoms with Crippen molar-refractivity contribution in [3.05, 3.63) is 71.2 Å². The molecular formula is C36H37ClN10O. The number of hydrogen-bond acceptors (Lipinski definition) is 6. The molecule has 1 aliphatic heterocycles. The fourth-order valence-electron chi connectivity index (χ4n) is 8.20. The Morgan fingerprint density at radius 3 is 2.65 bits per heavy atom. The molecule has 1 unspecified atom stereocenters. The summed E-state index contributed by atoms with van der Waals surface area (Å²) < 4.78 is 5.52. The number of nitrogens with zero attached hydrogens (tertiary/aromatic N) is 9. The van der Waals surface area contributed by atoms with Crippen molar-refractivity contribution >= 4 is 39.4 Å². The number of H-pyrrole nitrogens is 1. The van der Waals surface area contributed by atoms with Crippen LogP contribution in [0.3, 0.4) is 0 Å². The maximum Gasteiger partial charge on any atom is 0.329 e. The molecule has 4 aromatic heterocycles. The first kappa shape index (κ1) is 30.4. The maximum atomic E-state index is 13.8. The minimum absolute atomic E-state index is 0.0247. The Morgan fingerprint density at radius 2 is 1.92 bits per heavy atom. The van der Waals surface area contributed by atoms with Gasteiger partial charge in [0.15, 0.2) is 5.69 Å². The first-order chi connectivity index (χ1) is 22.9. The van der Waals surface area contributed by atoms with Crippen LogP contribution >= 0.6 is 11.6 Å². The number of rotatable bonds is 3. The third-order valence-corrected chi connectivity index (χ3v) is 11.1. The van der Waals surface area contributed by atoms with Gasteiger partial charge in [0.2, 0.25) is 0 Å². The van der Waals surface area contributed by atoms with Gasteiger partial charge in [0.05, 0.1) is 40.7 Å². The van der Waals surface area contributed by atoms with Crippen molar-refractivity contribution in [2.45, 2.75) is 66.0 Å². The second kappa shape index (κ2) is 10.5. The minimum Gasteiger partial charge on any atom is -0.320 e. The van der Waals surface area contributed by atoms with Crippen LogP contribution in [0.2, 0.25) is 5.02 Å². The smallest absolute Gasteiger partial charge is 0.320 e. The third kappa shape index (κ3) is 4.57. The molecule has 244 valence electrons. The Kier molecular flexibility index (Phi) is 6.66. The molecule has 0 radical (unpaired) electrons. The first-order valence-electron chi connectivity index (χ1n) is 16.3. The van der Waals surface area contributed by atoms with E-state index in [1.165, 1.54) is 17.1 Å². The highest BCUT2D eigenvalue weighted by Crippen LogP contribution is 2.58. The zero-order valence-electron chi connectivity index (χ0n) is 27.9. The summed E-state index contributed by atoms with van der Waals surface area (Å²) in [6.45, 7) is 11.4. The molecule has 2 aromatic carbocycles. The second-order valence-corrected chi connectivity index (χ2v) is 15.2. The van der Waals surface area contributed by atoms with E-state index in [1.54, 1.807) is 0 Å². The molecule has 1 amide bonds. The Morgan fingerprint density at radius 1 is 1.12 bits per heavy atom. The molecule has 1 saturated heterocycles. The third-order valence-electron chi connectivity index (χ3n) is 10.6. The van der Waals surface area contributed by atoms with Crippen molar-refractivity contribution in [3.8, 4) is 28.5 Å². The van der Waals surface area contributed by atoms with Crippen LogP contribution in [0.15, 0.2) is 49.2 Å². The molecule has 6 aromatic rings. The number of fused-ring (bicyclic) bond motifs is 2. The average molecular weight is 661 g/mol. The van der Waals surface area contributed by atoms with Crippen molar-refractivity contribution in [1.29, 1.82) is 5.26 Å². The number of nitriles is 1. The Labute approximate surface area is 283 Å². The SMILES string of the molecule is Cc1cc2[nH]ncc2c(-c2c(-c3ccc4c(cnn4C)c3)nn(C3CC4(C3)CC(C(C)(C)C)N(C(=O)n3cnc(C#N)c3)C4)c2C)c1Cl. The summed E-state index contributed by atoms with van der Waals surface area (Å²) in [6.07, 6.45) is 9.41. The average Bonchev–Trinajstić information content (AvgIpc) is 3.87. The summed E-state index contributed by atoms with van der Waals surface area (Å²) >= 11 is 7.14. The molecule has 2 aliphatic rings. The zero-order valence-corrected chi connectivity index (χ0v) is 28.7. The minimum atomic E-state index is -0.131. The summed E-state index contributed by atoms with van der Waals surface area (Å²) in [5.41, 5.74) is 7.90. The molecule has 12 heteroatoms. The van der Waals surface area contributed by atoms with Crippen molar-refractivity contribution in [1.82, 2.24) is 44.2 Å². The van der Waals surface area contributed by atoms with Gasteiger partial charge in [-0.05, 0) is 67.7 Å². The molecule has 11 nitrogen and oxygen atoms in total. The van der Waals surface area contributed by atoms with Gasteiger partial charge in [-0.2, -0.15) is 20.6 Å². The number of likely N-dealkylation sites (tertiary alicyclic amines) is 1. The van der Waals surface area contributed by atoms with E-state index in [1.807, 2.05) is 48.1 Å². The van der Waals surface area contributed by atoms with Crippen molar-refractivity contribution in [2.75, 3.05) is 6.54 Å². The van der Waals surface area contributed by atoms with Gasteiger partial charge < -0.3 is 4.90 Å². The van der Waals surface area contributed by atoms with Crippen LogP contribution in [-0.4, -0.2) is 62.8 Å². The highest BCUT2D eigenvalue weighted by atomic mass is 35.5. The molecule has 1 aliphatic carbocycles. The lowest BCUT2D eigenvalue weighted by molar-refractivity contribution is 0.0638. The van der Waals surface area contributed by atoms with Crippen LogP contribution in [0, 0.1) is 36.0 Å². The summed E-state index contributed by atoms with van der Waals surface area (Å²) in [5, 5.41) is 29.3. The number of hydrogen-bond donors (Lipinski definition) is 1. The lowest BCUT2D eigenvalue weighted by atomic mass is 9.63. The van der Waals surface area contributed by atoms with E-state index in [0.29, 0.717) is 11.6 Å². The van der Waals surface area contributed by atoms with Crippen LogP contribution in [0.5, 0.6) is 0 Å². The van der Waals surface area contributed by atoms with Gasteiger partial charge in [-0.25, -0.2) is 9.78 Å². The summed E-state index contributed by atoms with van der Waals surface area (Å²) in [5.74, 6) is 0. The maximum absolute atomic E-state index is 13.8. The lowest BCUT2D eigenvalue weighted by Crippen LogP contribution is -2.45. The van der Waals surface area contributed by atoms with Gasteiger partial charge >= 0.3 is 6.03 Å². The number of halogens is 1. The van der Waals surface area contributed by atoms with E-state index in [9.17, 15) is 10.1 Å². The summed E-state index contributed by atoms with van der Waals surface area (Å²) in [6, 6.07) is 10.5. The number of amides is 1.